The number of hydrogen-bond donors (Lipinski definition) is 1. The van der Waals surface area contributed by atoms with Crippen LogP contribution in [0.25, 0.3) is 0 Å². The van der Waals surface area contributed by atoms with Crippen molar-refractivity contribution in [3.05, 3.63) is 65.7 Å². The second-order valence-corrected chi connectivity index (χ2v) is 10.1. The van der Waals surface area contributed by atoms with Gasteiger partial charge in [-0.1, -0.05) is 49.6 Å². The number of halogens is 3. The van der Waals surface area contributed by atoms with E-state index in [0.717, 1.165) is 82.2 Å². The van der Waals surface area contributed by atoms with Crippen LogP contribution in [0, 0.1) is 0 Å². The van der Waals surface area contributed by atoms with E-state index in [9.17, 15) is 26.4 Å². The third-order valence-corrected chi connectivity index (χ3v) is 7.57. The molecule has 1 heterocycles. The number of amides is 1. The first-order valence-electron chi connectivity index (χ1n) is 11.2. The lowest BCUT2D eigenvalue weighted by Gasteiger charge is -2.22. The van der Waals surface area contributed by atoms with Gasteiger partial charge in [-0.3, -0.25) is 4.79 Å². The van der Waals surface area contributed by atoms with Crippen LogP contribution in [0.3, 0.4) is 0 Å². The quantitative estimate of drug-likeness (QED) is 0.567. The van der Waals surface area contributed by atoms with Gasteiger partial charge < -0.3 is 4.90 Å². The highest BCUT2D eigenvalue weighted by molar-refractivity contribution is 7.89. The van der Waals surface area contributed by atoms with Crippen LogP contribution >= 0.6 is 0 Å². The Kier molecular flexibility index (Phi) is 8.53. The minimum Gasteiger partial charge on any atom is -0.338 e. The van der Waals surface area contributed by atoms with E-state index in [2.05, 4.69) is 16.9 Å². The summed E-state index contributed by atoms with van der Waals surface area (Å²) in [6, 6.07) is 14.0. The van der Waals surface area contributed by atoms with Crippen LogP contribution in [-0.2, 0) is 21.0 Å². The fourth-order valence-corrected chi connectivity index (χ4v) is 5.58. The molecule has 1 amide bonds. The summed E-state index contributed by atoms with van der Waals surface area (Å²) >= 11 is 0. The van der Waals surface area contributed by atoms with Gasteiger partial charge >= 0.3 is 6.18 Å². The zero-order valence-electron chi connectivity index (χ0n) is 18.3. The van der Waals surface area contributed by atoms with Crippen molar-refractivity contribution >= 4 is 16.4 Å². The first kappa shape index (κ1) is 25.2. The normalized spacial score (nSPS) is 19.6. The molecular weight excluding hydrogens is 453 g/mol. The highest BCUT2D eigenvalue weighted by Crippen LogP contribution is 2.31. The molecule has 2 fully saturated rings. The van der Waals surface area contributed by atoms with Gasteiger partial charge in [0, 0.05) is 14.0 Å². The third-order valence-electron chi connectivity index (χ3n) is 6.03. The van der Waals surface area contributed by atoms with Crippen molar-refractivity contribution in [2.24, 2.45) is 0 Å². The van der Waals surface area contributed by atoms with Gasteiger partial charge in [0.1, 0.15) is 0 Å². The van der Waals surface area contributed by atoms with Gasteiger partial charge in [-0.25, -0.2) is 13.1 Å². The van der Waals surface area contributed by atoms with E-state index in [-0.39, 0.29) is 12.4 Å². The van der Waals surface area contributed by atoms with E-state index < -0.39 is 21.8 Å². The SMILES string of the molecule is O=CN1CCCC1c1ccccc1.O=S(=O)(NC1CCCCC1)c1ccc(C(F)(F)F)cc1.[HH]. The molecule has 0 spiro atoms. The van der Waals surface area contributed by atoms with Crippen molar-refractivity contribution in [2.75, 3.05) is 6.54 Å². The number of rotatable bonds is 5. The number of nitrogens with one attached hydrogen (secondary N) is 1. The Morgan fingerprint density at radius 1 is 0.909 bits per heavy atom. The van der Waals surface area contributed by atoms with E-state index >= 15 is 0 Å². The van der Waals surface area contributed by atoms with Crippen LogP contribution in [-0.4, -0.2) is 32.3 Å². The molecule has 33 heavy (non-hydrogen) atoms. The minimum atomic E-state index is -4.46. The minimum absolute atomic E-state index is 0. The van der Waals surface area contributed by atoms with Crippen LogP contribution in [0.5, 0.6) is 0 Å². The van der Waals surface area contributed by atoms with E-state index in [1.54, 1.807) is 0 Å². The van der Waals surface area contributed by atoms with E-state index in [4.69, 9.17) is 0 Å². The second-order valence-electron chi connectivity index (χ2n) is 8.39. The zero-order chi connectivity index (χ0) is 23.9. The van der Waals surface area contributed by atoms with Crippen molar-refractivity contribution in [3.8, 4) is 0 Å². The molecule has 2 aliphatic rings. The third kappa shape index (κ3) is 7.04. The number of hydrogen-bond acceptors (Lipinski definition) is 3. The summed E-state index contributed by atoms with van der Waals surface area (Å²) in [7, 11) is -3.74. The molecule has 1 saturated heterocycles. The zero-order valence-corrected chi connectivity index (χ0v) is 19.1. The van der Waals surface area contributed by atoms with Crippen LogP contribution < -0.4 is 4.72 Å². The molecule has 9 heteroatoms. The molecule has 0 aromatic heterocycles. The Hall–Kier alpha value is -2.39. The fraction of sp³-hybridized carbons (Fsp3) is 0.458. The molecule has 1 aliphatic heterocycles. The van der Waals surface area contributed by atoms with Crippen molar-refractivity contribution in [1.29, 1.82) is 0 Å². The number of carbonyl (C=O) groups excluding carboxylic acids is 1. The molecule has 0 radical (unpaired) electrons. The van der Waals surface area contributed by atoms with Gasteiger partial charge in [-0.15, -0.1) is 0 Å². The van der Waals surface area contributed by atoms with Crippen molar-refractivity contribution < 1.29 is 27.8 Å². The number of benzene rings is 2. The predicted octanol–water partition coefficient (Wildman–Crippen LogP) is 5.54. The lowest BCUT2D eigenvalue weighted by atomic mass is 9.96. The maximum absolute atomic E-state index is 12.4. The first-order chi connectivity index (χ1) is 15.7. The molecule has 1 atom stereocenters. The average Bonchev–Trinajstić information content (AvgIpc) is 3.29. The Bertz CT molecular complexity index is 996. The highest BCUT2D eigenvalue weighted by atomic mass is 32.2. The largest absolute Gasteiger partial charge is 0.416 e. The van der Waals surface area contributed by atoms with Gasteiger partial charge in [-0.2, -0.15) is 13.2 Å². The van der Waals surface area contributed by atoms with Crippen LogP contribution in [0.2, 0.25) is 0 Å². The summed E-state index contributed by atoms with van der Waals surface area (Å²) in [5, 5.41) is 0. The lowest BCUT2D eigenvalue weighted by molar-refractivity contribution is -0.137. The summed E-state index contributed by atoms with van der Waals surface area (Å²) in [5.74, 6) is 0. The molecular formula is C24H31F3N2O3S. The molecule has 4 rings (SSSR count). The van der Waals surface area contributed by atoms with Crippen molar-refractivity contribution in [1.82, 2.24) is 9.62 Å². The average molecular weight is 485 g/mol. The Labute approximate surface area is 194 Å². The molecule has 2 aromatic rings. The van der Waals surface area contributed by atoms with Crippen LogP contribution in [0.15, 0.2) is 59.5 Å². The number of carbonyl (C=O) groups is 1. The molecule has 5 nitrogen and oxygen atoms in total. The number of likely N-dealkylation sites (tertiary alicyclic amines) is 1. The fourth-order valence-electron chi connectivity index (χ4n) is 4.28. The van der Waals surface area contributed by atoms with Gasteiger partial charge in [0.2, 0.25) is 16.4 Å². The summed E-state index contributed by atoms with van der Waals surface area (Å²) in [6.45, 7) is 0.906. The van der Waals surface area contributed by atoms with Gasteiger partial charge in [0.05, 0.1) is 16.5 Å². The van der Waals surface area contributed by atoms with Crippen molar-refractivity contribution in [3.63, 3.8) is 0 Å². The molecule has 0 bridgehead atoms. The summed E-state index contributed by atoms with van der Waals surface area (Å²) < 4.78 is 64.0. The second kappa shape index (κ2) is 11.2. The van der Waals surface area contributed by atoms with Gasteiger partial charge in [-0.05, 0) is 55.5 Å². The van der Waals surface area contributed by atoms with E-state index in [1.807, 2.05) is 23.1 Å². The molecule has 1 aliphatic carbocycles. The Morgan fingerprint density at radius 2 is 1.55 bits per heavy atom. The van der Waals surface area contributed by atoms with Gasteiger partial charge in [0.25, 0.3) is 0 Å². The monoisotopic (exact) mass is 484 g/mol. The summed E-state index contributed by atoms with van der Waals surface area (Å²) in [6.07, 6.45) is 3.32. The molecule has 2 aromatic carbocycles. The number of alkyl halides is 3. The maximum atomic E-state index is 12.4. The van der Waals surface area contributed by atoms with Crippen LogP contribution in [0.1, 0.15) is 63.5 Å². The Balaban J connectivity index is 0.000000253. The smallest absolute Gasteiger partial charge is 0.338 e. The first-order valence-corrected chi connectivity index (χ1v) is 12.6. The predicted molar refractivity (Wildman–Crippen MR) is 122 cm³/mol. The maximum Gasteiger partial charge on any atom is 0.416 e. The molecule has 1 saturated carbocycles. The number of sulfonamides is 1. The standard InChI is InChI=1S/C13H16F3NO2S.C11H13NO.H2/c14-13(15,16)10-6-8-12(9-7-10)20(18,19)17-11-4-2-1-3-5-11;13-9-12-8-4-7-11(12)10-5-2-1-3-6-10;/h6-9,11,17H,1-5H2;1-3,5-6,9,11H,4,7-8H2;1H. The van der Waals surface area contributed by atoms with E-state index in [1.165, 1.54) is 5.56 Å². The summed E-state index contributed by atoms with van der Waals surface area (Å²) in [4.78, 5) is 12.5. The Morgan fingerprint density at radius 3 is 2.12 bits per heavy atom. The molecule has 182 valence electrons. The van der Waals surface area contributed by atoms with Gasteiger partial charge in [0.15, 0.2) is 0 Å². The summed E-state index contributed by atoms with van der Waals surface area (Å²) in [5.41, 5.74) is 0.404. The molecule has 1 unspecified atom stereocenters. The topological polar surface area (TPSA) is 66.5 Å². The highest BCUT2D eigenvalue weighted by Gasteiger charge is 2.31. The number of nitrogens with zero attached hydrogens (tertiary/aromatic N) is 1. The molecule has 1 N–H and O–H groups in total. The van der Waals surface area contributed by atoms with Crippen LogP contribution in [0.4, 0.5) is 13.2 Å². The van der Waals surface area contributed by atoms with Crippen molar-refractivity contribution in [2.45, 2.75) is 68.1 Å². The van der Waals surface area contributed by atoms with E-state index in [0.29, 0.717) is 6.04 Å². The lowest BCUT2D eigenvalue weighted by Crippen LogP contribution is -2.36.